The molecule has 1 aromatic carbocycles. The number of aliphatic hydroxyl groups is 2. The second-order valence-electron chi connectivity index (χ2n) is 9.38. The van der Waals surface area contributed by atoms with Crippen molar-refractivity contribution >= 4 is 31.1 Å². The first-order valence-corrected chi connectivity index (χ1v) is 12.5. The summed E-state index contributed by atoms with van der Waals surface area (Å²) in [5, 5.41) is 19.7. The number of carbonyl (C=O) groups is 3. The van der Waals surface area contributed by atoms with Crippen LogP contribution in [0.4, 0.5) is 0 Å². The van der Waals surface area contributed by atoms with Gasteiger partial charge in [0.25, 0.3) is 23.9 Å². The molecule has 0 bridgehead atoms. The smallest absolute Gasteiger partial charge is 0.494 e. The average molecular weight is 576 g/mol. The van der Waals surface area contributed by atoms with Gasteiger partial charge in [-0.05, 0) is 36.2 Å². The summed E-state index contributed by atoms with van der Waals surface area (Å²) in [6.07, 6.45) is 0.675. The summed E-state index contributed by atoms with van der Waals surface area (Å²) >= 11 is 0. The van der Waals surface area contributed by atoms with Gasteiger partial charge in [-0.15, -0.1) is 0 Å². The Bertz CT molecular complexity index is 1210. The van der Waals surface area contributed by atoms with Gasteiger partial charge < -0.3 is 48.1 Å². The van der Waals surface area contributed by atoms with Crippen LogP contribution in [-0.2, 0) is 42.6 Å². The molecule has 2 heterocycles. The van der Waals surface area contributed by atoms with Crippen LogP contribution >= 0.6 is 0 Å². The monoisotopic (exact) mass is 576 g/mol. The summed E-state index contributed by atoms with van der Waals surface area (Å²) in [6.45, 7) is 5.11. The van der Waals surface area contributed by atoms with Gasteiger partial charge in [0.2, 0.25) is 0 Å². The minimum absolute atomic E-state index is 0.0315. The topological polar surface area (TPSA) is 186 Å². The molecule has 0 spiro atoms. The molecule has 0 aliphatic carbocycles. The predicted molar refractivity (Wildman–Crippen MR) is 142 cm³/mol. The number of carbonyl (C=O) groups excluding carboxylic acids is 3. The van der Waals surface area contributed by atoms with Crippen molar-refractivity contribution in [2.45, 2.75) is 58.3 Å². The minimum atomic E-state index is -2.03. The molecule has 4 atom stereocenters. The van der Waals surface area contributed by atoms with E-state index in [-0.39, 0.29) is 13.0 Å². The van der Waals surface area contributed by atoms with Gasteiger partial charge in [0.15, 0.2) is 6.10 Å². The van der Waals surface area contributed by atoms with E-state index in [1.54, 1.807) is 38.2 Å². The Hall–Kier alpha value is -4.37. The molecule has 1 aromatic rings. The Balaban J connectivity index is 1.83. The van der Waals surface area contributed by atoms with E-state index < -0.39 is 61.1 Å². The molecule has 2 aliphatic heterocycles. The number of esters is 3. The van der Waals surface area contributed by atoms with Crippen molar-refractivity contribution in [3.63, 3.8) is 0 Å². The summed E-state index contributed by atoms with van der Waals surface area (Å²) in [6, 6.07) is 5.01. The third kappa shape index (κ3) is 8.81. The van der Waals surface area contributed by atoms with E-state index in [0.717, 1.165) is 6.92 Å². The highest BCUT2D eigenvalue weighted by molar-refractivity contribution is 6.52. The fraction of sp³-hybridized carbons (Fsp3) is 0.423. The molecule has 4 unspecified atom stereocenters. The van der Waals surface area contributed by atoms with Crippen LogP contribution in [0.1, 0.15) is 38.3 Å². The van der Waals surface area contributed by atoms with Gasteiger partial charge in [0, 0.05) is 34.2 Å². The quantitative estimate of drug-likeness (QED) is 0.176. The fourth-order valence-electron chi connectivity index (χ4n) is 4.05. The number of nitrogens with two attached hydrogens (primary N) is 1. The van der Waals surface area contributed by atoms with E-state index in [0.29, 0.717) is 16.9 Å². The lowest BCUT2D eigenvalue weighted by molar-refractivity contribution is -0.296. The van der Waals surface area contributed by atoms with Crippen molar-refractivity contribution in [3.8, 4) is 5.75 Å². The first kappa shape index (κ1) is 31.2. The van der Waals surface area contributed by atoms with Crippen LogP contribution < -0.4 is 10.5 Å². The molecular formula is C26H33BN2O12. The lowest BCUT2D eigenvalue weighted by Gasteiger charge is -2.46. The summed E-state index contributed by atoms with van der Waals surface area (Å²) in [5.74, 6) is -1.05. The maximum atomic E-state index is 12.0. The van der Waals surface area contributed by atoms with Crippen LogP contribution in [0.15, 0.2) is 48.5 Å². The summed E-state index contributed by atoms with van der Waals surface area (Å²) < 4.78 is 38.3. The lowest BCUT2D eigenvalue weighted by Crippen LogP contribution is -2.70. The Kier molecular flexibility index (Phi) is 10.1. The summed E-state index contributed by atoms with van der Waals surface area (Å²) in [5.41, 5.74) is 5.71. The molecule has 0 amide bonds. The van der Waals surface area contributed by atoms with Crippen molar-refractivity contribution in [2.75, 3.05) is 13.7 Å². The maximum Gasteiger partial charge on any atom is 0.629 e. The highest BCUT2D eigenvalue weighted by Gasteiger charge is 2.56. The number of rotatable bonds is 8. The second-order valence-corrected chi connectivity index (χ2v) is 9.38. The van der Waals surface area contributed by atoms with Gasteiger partial charge in [-0.25, -0.2) is 0 Å². The minimum Gasteiger partial charge on any atom is -0.494 e. The normalized spacial score (nSPS) is 25.9. The number of aryl methyl sites for hydroxylation is 1. The van der Waals surface area contributed by atoms with E-state index in [9.17, 15) is 24.6 Å². The predicted octanol–water partition coefficient (Wildman–Crippen LogP) is 1.93. The highest BCUT2D eigenvalue weighted by Crippen LogP contribution is 2.34. The van der Waals surface area contributed by atoms with Crippen LogP contribution in [0.5, 0.6) is 5.75 Å². The molecule has 3 rings (SSSR count). The molecule has 4 N–H and O–H groups in total. The maximum absolute atomic E-state index is 12.0. The van der Waals surface area contributed by atoms with Crippen LogP contribution in [-0.4, -0.2) is 78.0 Å². The average Bonchev–Trinajstić information content (AvgIpc) is 2.83. The third-order valence-corrected chi connectivity index (χ3v) is 5.75. The van der Waals surface area contributed by atoms with Crippen molar-refractivity contribution in [1.82, 2.24) is 4.90 Å². The van der Waals surface area contributed by atoms with Gasteiger partial charge >= 0.3 is 25.0 Å². The van der Waals surface area contributed by atoms with Crippen LogP contribution in [0.25, 0.3) is 6.08 Å². The van der Waals surface area contributed by atoms with Crippen molar-refractivity contribution in [1.29, 1.82) is 0 Å². The van der Waals surface area contributed by atoms with E-state index in [1.807, 2.05) is 0 Å². The molecule has 0 aromatic heterocycles. The van der Waals surface area contributed by atoms with Crippen molar-refractivity contribution in [3.05, 3.63) is 59.6 Å². The van der Waals surface area contributed by atoms with Crippen molar-refractivity contribution < 1.29 is 57.6 Å². The number of benzene rings is 1. The number of hydrogen-bond acceptors (Lipinski definition) is 14. The molecule has 0 saturated carbocycles. The van der Waals surface area contributed by atoms with Gasteiger partial charge in [-0.2, -0.15) is 0 Å². The van der Waals surface area contributed by atoms with E-state index >= 15 is 0 Å². The lowest BCUT2D eigenvalue weighted by atomic mass is 9.88. The zero-order valence-electron chi connectivity index (χ0n) is 23.3. The summed E-state index contributed by atoms with van der Waals surface area (Å²) in [7, 11) is 0.439. The molecule has 222 valence electrons. The van der Waals surface area contributed by atoms with E-state index in [4.69, 9.17) is 38.7 Å². The van der Waals surface area contributed by atoms with Gasteiger partial charge in [0.1, 0.15) is 12.4 Å². The van der Waals surface area contributed by atoms with Crippen LogP contribution in [0.3, 0.4) is 0 Å². The molecule has 0 radical (unpaired) electrons. The Morgan fingerprint density at radius 2 is 1.78 bits per heavy atom. The highest BCUT2D eigenvalue weighted by atomic mass is 16.7. The van der Waals surface area contributed by atoms with E-state index in [1.165, 1.54) is 37.1 Å². The molecule has 14 nitrogen and oxygen atoms in total. The van der Waals surface area contributed by atoms with Gasteiger partial charge in [-0.1, -0.05) is 12.1 Å². The first-order chi connectivity index (χ1) is 19.2. The molecular weight excluding hydrogens is 543 g/mol. The zero-order chi connectivity index (χ0) is 30.3. The molecule has 1 fully saturated rings. The Labute approximate surface area is 237 Å². The van der Waals surface area contributed by atoms with Gasteiger partial charge in [-0.3, -0.25) is 20.1 Å². The second kappa shape index (κ2) is 13.3. The largest absolute Gasteiger partial charge is 0.629 e. The number of hydrogen-bond donors (Lipinski definition) is 3. The molecule has 41 heavy (non-hydrogen) atoms. The first-order valence-electron chi connectivity index (χ1n) is 12.5. The zero-order valence-corrected chi connectivity index (χ0v) is 23.3. The molecule has 2 aliphatic rings. The van der Waals surface area contributed by atoms with Gasteiger partial charge in [0.05, 0.1) is 18.5 Å². The third-order valence-electron chi connectivity index (χ3n) is 5.75. The molecule has 15 heteroatoms. The van der Waals surface area contributed by atoms with Crippen LogP contribution in [0, 0.1) is 6.92 Å². The standard InChI is InChI=1S/C26H33BN2O12/c1-15-10-19(8-9-27-40-23(33)12-29(5)13-24(34)41-27)6-7-21(15)38-25-26(28,39-18(4)32)22(36-17(3)31)11-20(37-25)14-35-16(2)30/h6-10,12-13,20,22,25,33-34H,11,14,28H2,1-5H3/b9-8?,23-12-,24-13?. The Morgan fingerprint density at radius 1 is 1.12 bits per heavy atom. The number of nitrogens with zero attached hydrogens (tertiary/aromatic N) is 1. The van der Waals surface area contributed by atoms with Crippen molar-refractivity contribution in [2.24, 2.45) is 5.73 Å². The van der Waals surface area contributed by atoms with E-state index in [2.05, 4.69) is 0 Å². The number of aliphatic hydroxyl groups excluding tert-OH is 2. The number of ether oxygens (including phenoxy) is 5. The Morgan fingerprint density at radius 3 is 2.34 bits per heavy atom. The fourth-order valence-corrected chi connectivity index (χ4v) is 4.05. The SMILES string of the molecule is CC(=O)OCC1CC(OC(C)=O)C(N)(OC(C)=O)C(Oc2ccc(C=CB3OC(O)=CN(C)/C=C(/O)O3)cc2C)O1. The molecule has 1 saturated heterocycles. The summed E-state index contributed by atoms with van der Waals surface area (Å²) in [4.78, 5) is 36.5. The van der Waals surface area contributed by atoms with Crippen LogP contribution in [0.2, 0.25) is 0 Å².